The zero-order chi connectivity index (χ0) is 52.6. The second-order valence-electron chi connectivity index (χ2n) is 21.8. The number of hydrogen-bond acceptors (Lipinski definition) is 13. The van der Waals surface area contributed by atoms with Crippen LogP contribution in [0.15, 0.2) is 102 Å². The maximum absolute atomic E-state index is 15.7. The number of nitrogens with zero attached hydrogens (tertiary/aromatic N) is 6. The number of amides is 1. The summed E-state index contributed by atoms with van der Waals surface area (Å²) in [5.41, 5.74) is 9.81. The van der Waals surface area contributed by atoms with Gasteiger partial charge in [0.05, 0.1) is 35.0 Å². The summed E-state index contributed by atoms with van der Waals surface area (Å²) in [5.74, 6) is 0.471. The average Bonchev–Trinajstić information content (AvgIpc) is 3.77. The Morgan fingerprint density at radius 2 is 1.64 bits per heavy atom. The topological polar surface area (TPSA) is 174 Å². The molecule has 1 aliphatic carbocycles. The number of carbonyl (C=O) groups excluding carboxylic acids is 1. The van der Waals surface area contributed by atoms with Crippen LogP contribution in [0.1, 0.15) is 105 Å². The summed E-state index contributed by atoms with van der Waals surface area (Å²) in [7, 11) is -2.78. The Bertz CT molecular complexity index is 3110. The second kappa shape index (κ2) is 21.4. The number of methoxy groups -OCH3 is 1. The summed E-state index contributed by atoms with van der Waals surface area (Å²) in [6.07, 6.45) is 8.79. The number of nitrogens with one attached hydrogen (secondary N) is 3. The van der Waals surface area contributed by atoms with Crippen molar-refractivity contribution in [3.8, 4) is 17.2 Å². The Hall–Kier alpha value is -6.34. The third kappa shape index (κ3) is 11.3. The molecule has 6 aromatic rings. The second-order valence-corrected chi connectivity index (χ2v) is 23.5. The number of piperazine rings is 1. The number of halogens is 2. The minimum absolute atomic E-state index is 0.0195. The van der Waals surface area contributed by atoms with Gasteiger partial charge in [0, 0.05) is 95.5 Å². The molecule has 15 nitrogen and oxygen atoms in total. The Labute approximate surface area is 439 Å². The van der Waals surface area contributed by atoms with Crippen molar-refractivity contribution in [2.75, 3.05) is 75.4 Å². The van der Waals surface area contributed by atoms with Crippen molar-refractivity contribution in [1.29, 1.82) is 0 Å². The first-order chi connectivity index (χ1) is 36.0. The summed E-state index contributed by atoms with van der Waals surface area (Å²) in [6.45, 7) is 15.3. The monoisotopic (exact) mass is 1040 g/mol. The van der Waals surface area contributed by atoms with Gasteiger partial charge in [0.1, 0.15) is 45.8 Å². The highest BCUT2D eigenvalue weighted by molar-refractivity contribution is 7.90. The van der Waals surface area contributed by atoms with Crippen molar-refractivity contribution in [3.05, 3.63) is 126 Å². The van der Waals surface area contributed by atoms with Crippen LogP contribution in [-0.4, -0.2) is 121 Å². The number of H-pyrrole nitrogens is 1. The van der Waals surface area contributed by atoms with E-state index in [1.165, 1.54) is 59.5 Å². The number of aromatic nitrogens is 3. The minimum atomic E-state index is -4.48. The SMILES string of the molecule is COc1ccc(CN2CCN(C3CC4(CCN(c5cc(Oc6cnc7[nH]cc(F)c7c6)c(C(=O)NS(=O)(=O)c6ccc(NCC7(F)CCN(C(C)C)CC7)c(N)c6)cn5)CC4)C3)C(c3ccccc3C(C)C)C2)cc1. The average molecular weight is 1050 g/mol. The number of sulfonamides is 1. The van der Waals surface area contributed by atoms with Gasteiger partial charge >= 0.3 is 0 Å². The van der Waals surface area contributed by atoms with E-state index in [1.54, 1.807) is 13.2 Å². The number of rotatable bonds is 16. The number of nitrogens with two attached hydrogens (primary N) is 1. The molecule has 1 saturated carbocycles. The number of pyridine rings is 2. The molecule has 3 aromatic carbocycles. The quantitative estimate of drug-likeness (QED) is 0.0676. The molecular weight excluding hydrogens is 975 g/mol. The van der Waals surface area contributed by atoms with Crippen molar-refractivity contribution >= 4 is 44.2 Å². The lowest BCUT2D eigenvalue weighted by molar-refractivity contribution is -0.0628. The standard InChI is InChI=1S/C57H70F2N10O5S/c1-37(2)44-8-6-7-9-45(44)51-35-66(34-39-10-12-41(73-5)13-11-39)24-25-69(51)40-29-56(30-40)16-20-68(21-17-56)53-28-52(74-42-26-46-48(58)33-63-54(46)62-31-42)47(32-61-53)55(70)65-75(71,72)43-14-15-50(49(60)27-43)64-36-57(59)18-22-67(23-19-57)38(3)4/h6-15,26-28,31-33,37-38,40,51,64H,16-25,29-30,34-36,60H2,1-5H3,(H,62,63)(H,65,70). The van der Waals surface area contributed by atoms with Crippen LogP contribution in [0.25, 0.3) is 11.0 Å². The lowest BCUT2D eigenvalue weighted by atomic mass is 9.59. The molecule has 3 aliphatic heterocycles. The molecule has 18 heteroatoms. The van der Waals surface area contributed by atoms with Crippen LogP contribution in [0, 0.1) is 11.2 Å². The first-order valence-corrected chi connectivity index (χ1v) is 27.8. The van der Waals surface area contributed by atoms with Gasteiger partial charge in [-0.15, -0.1) is 0 Å². The molecule has 0 bridgehead atoms. The molecule has 0 radical (unpaired) electrons. The predicted molar refractivity (Wildman–Crippen MR) is 289 cm³/mol. The van der Waals surface area contributed by atoms with E-state index in [0.717, 1.165) is 70.7 Å². The molecule has 1 unspecified atom stereocenters. The Morgan fingerprint density at radius 1 is 0.893 bits per heavy atom. The van der Waals surface area contributed by atoms with Gasteiger partial charge < -0.3 is 35.3 Å². The van der Waals surface area contributed by atoms with Crippen LogP contribution in [0.2, 0.25) is 0 Å². The third-order valence-corrected chi connectivity index (χ3v) is 17.7. The number of fused-ring (bicyclic) bond motifs is 1. The van der Waals surface area contributed by atoms with Gasteiger partial charge in [-0.1, -0.05) is 50.2 Å². The van der Waals surface area contributed by atoms with E-state index in [9.17, 15) is 17.6 Å². The lowest BCUT2D eigenvalue weighted by Gasteiger charge is -2.58. The number of hydrogen-bond donors (Lipinski definition) is 4. The van der Waals surface area contributed by atoms with Crippen molar-refractivity contribution in [3.63, 3.8) is 0 Å². The van der Waals surface area contributed by atoms with Crippen LogP contribution in [0.4, 0.5) is 26.0 Å². The maximum atomic E-state index is 15.7. The molecule has 3 aromatic heterocycles. The van der Waals surface area contributed by atoms with Crippen molar-refractivity contribution in [2.24, 2.45) is 5.41 Å². The van der Waals surface area contributed by atoms with Crippen molar-refractivity contribution < 1.29 is 31.5 Å². The fourth-order valence-corrected chi connectivity index (χ4v) is 12.8. The number of alkyl halides is 1. The summed E-state index contributed by atoms with van der Waals surface area (Å²) in [5, 5.41) is 3.26. The first-order valence-electron chi connectivity index (χ1n) is 26.4. The molecule has 6 heterocycles. The van der Waals surface area contributed by atoms with Crippen LogP contribution in [0.5, 0.6) is 17.2 Å². The van der Waals surface area contributed by atoms with Gasteiger partial charge in [-0.05, 0) is 117 Å². The number of ether oxygens (including phenoxy) is 2. The van der Waals surface area contributed by atoms with Crippen LogP contribution < -0.4 is 30.1 Å². The molecule has 398 valence electrons. The highest BCUT2D eigenvalue weighted by Crippen LogP contribution is 2.53. The maximum Gasteiger partial charge on any atom is 0.270 e. The molecule has 5 N–H and O–H groups in total. The van der Waals surface area contributed by atoms with E-state index in [-0.39, 0.29) is 51.0 Å². The van der Waals surface area contributed by atoms with Gasteiger partial charge in [-0.2, -0.15) is 0 Å². The summed E-state index contributed by atoms with van der Waals surface area (Å²) in [6, 6.07) is 25.6. The number of carbonyl (C=O) groups is 1. The van der Waals surface area contributed by atoms with E-state index in [1.807, 2.05) is 12.1 Å². The fraction of sp³-hybridized carbons (Fsp3) is 0.456. The number of anilines is 3. The van der Waals surface area contributed by atoms with E-state index in [2.05, 4.69) is 104 Å². The molecule has 4 aliphatic rings. The van der Waals surface area contributed by atoms with Crippen molar-refractivity contribution in [1.82, 2.24) is 34.4 Å². The summed E-state index contributed by atoms with van der Waals surface area (Å²) >= 11 is 0. The molecule has 10 rings (SSSR count). The van der Waals surface area contributed by atoms with Gasteiger partial charge in [-0.3, -0.25) is 14.6 Å². The largest absolute Gasteiger partial charge is 0.497 e. The molecule has 4 fully saturated rings. The Morgan fingerprint density at radius 3 is 2.35 bits per heavy atom. The smallest absolute Gasteiger partial charge is 0.270 e. The van der Waals surface area contributed by atoms with Gasteiger partial charge in [0.15, 0.2) is 0 Å². The molecule has 1 spiro atoms. The van der Waals surface area contributed by atoms with Crippen LogP contribution in [-0.2, 0) is 16.6 Å². The molecule has 1 amide bonds. The highest BCUT2D eigenvalue weighted by Gasteiger charge is 2.50. The Balaban J connectivity index is 0.822. The van der Waals surface area contributed by atoms with Gasteiger partial charge in [0.2, 0.25) is 0 Å². The zero-order valence-corrected chi connectivity index (χ0v) is 44.4. The number of likely N-dealkylation sites (tertiary alicyclic amines) is 1. The number of benzene rings is 3. The molecular formula is C57H70F2N10O5S. The van der Waals surface area contributed by atoms with E-state index in [4.69, 9.17) is 20.2 Å². The van der Waals surface area contributed by atoms with Gasteiger partial charge in [0.25, 0.3) is 15.9 Å². The normalized spacial score (nSPS) is 19.6. The Kier molecular flexibility index (Phi) is 14.8. The van der Waals surface area contributed by atoms with Crippen LogP contribution >= 0.6 is 0 Å². The third-order valence-electron chi connectivity index (χ3n) is 16.4. The summed E-state index contributed by atoms with van der Waals surface area (Å²) in [4.78, 5) is 35.4. The lowest BCUT2D eigenvalue weighted by Crippen LogP contribution is -2.60. The number of nitrogen functional groups attached to an aromatic ring is 1. The minimum Gasteiger partial charge on any atom is -0.497 e. The molecule has 75 heavy (non-hydrogen) atoms. The zero-order valence-electron chi connectivity index (χ0n) is 43.6. The van der Waals surface area contributed by atoms with E-state index >= 15 is 4.39 Å². The van der Waals surface area contributed by atoms with Gasteiger partial charge in [-0.25, -0.2) is 31.9 Å². The fourth-order valence-electron chi connectivity index (χ4n) is 11.8. The first kappa shape index (κ1) is 52.1. The highest BCUT2D eigenvalue weighted by atomic mass is 32.2. The summed E-state index contributed by atoms with van der Waals surface area (Å²) < 4.78 is 71.9. The number of aromatic amines is 1. The van der Waals surface area contributed by atoms with Crippen molar-refractivity contribution in [2.45, 2.75) is 107 Å². The van der Waals surface area contributed by atoms with Crippen LogP contribution in [0.3, 0.4) is 0 Å². The molecule has 1 atom stereocenters. The van der Waals surface area contributed by atoms with E-state index < -0.39 is 27.4 Å². The molecule has 3 saturated heterocycles. The van der Waals surface area contributed by atoms with E-state index in [0.29, 0.717) is 61.1 Å². The number of piperidine rings is 2. The predicted octanol–water partition coefficient (Wildman–Crippen LogP) is 9.65.